The first-order valence-corrected chi connectivity index (χ1v) is 6.78. The molecule has 0 saturated carbocycles. The molecule has 0 amide bonds. The van der Waals surface area contributed by atoms with Crippen LogP contribution in [0.25, 0.3) is 0 Å². The topological polar surface area (TPSA) is 50.7 Å². The van der Waals surface area contributed by atoms with Gasteiger partial charge in [-0.05, 0) is 40.9 Å². The maximum absolute atomic E-state index is 13.8. The van der Waals surface area contributed by atoms with E-state index in [1.165, 1.54) is 11.8 Å². The number of hydrogen-bond acceptors (Lipinski definition) is 4. The molecule has 88 valence electrons. The molecule has 2 aliphatic heterocycles. The predicted molar refractivity (Wildman–Crippen MR) is 71.3 cm³/mol. The van der Waals surface area contributed by atoms with Crippen molar-refractivity contribution in [2.75, 3.05) is 12.3 Å². The van der Waals surface area contributed by atoms with E-state index < -0.39 is 10.1 Å². The standard InChI is InChI=1S/C10H13BrFN3S/c1-9(2-3-16-8(13)15-9)7-4-10(11,12)6-14-5-7/h4-5H,2-3,6H2,1H3,(H2,13,15)/t9-,10?/m0/s1. The van der Waals surface area contributed by atoms with Crippen molar-refractivity contribution in [1.29, 1.82) is 0 Å². The van der Waals surface area contributed by atoms with Crippen LogP contribution in [0.5, 0.6) is 0 Å². The first-order valence-electron chi connectivity index (χ1n) is 5.00. The molecule has 0 radical (unpaired) electrons. The molecule has 0 aromatic carbocycles. The van der Waals surface area contributed by atoms with E-state index in [9.17, 15) is 4.39 Å². The van der Waals surface area contributed by atoms with E-state index >= 15 is 0 Å². The molecule has 0 aromatic heterocycles. The van der Waals surface area contributed by atoms with Gasteiger partial charge in [0.1, 0.15) is 0 Å². The summed E-state index contributed by atoms with van der Waals surface area (Å²) in [6, 6.07) is 0. The number of alkyl halides is 2. The van der Waals surface area contributed by atoms with Crippen LogP contribution in [0.1, 0.15) is 13.3 Å². The molecule has 1 unspecified atom stereocenters. The number of rotatable bonds is 1. The van der Waals surface area contributed by atoms with Crippen molar-refractivity contribution >= 4 is 39.1 Å². The Morgan fingerprint density at radius 1 is 1.62 bits per heavy atom. The highest BCUT2D eigenvalue weighted by molar-refractivity contribution is 9.10. The van der Waals surface area contributed by atoms with Crippen molar-refractivity contribution in [2.24, 2.45) is 15.7 Å². The van der Waals surface area contributed by atoms with Crippen LogP contribution in [0.15, 0.2) is 21.6 Å². The molecule has 0 aromatic rings. The zero-order valence-electron chi connectivity index (χ0n) is 8.91. The van der Waals surface area contributed by atoms with Gasteiger partial charge < -0.3 is 5.73 Å². The molecule has 0 aliphatic carbocycles. The highest BCUT2D eigenvalue weighted by atomic mass is 79.9. The van der Waals surface area contributed by atoms with Gasteiger partial charge in [-0.2, -0.15) is 0 Å². The first kappa shape index (κ1) is 12.1. The summed E-state index contributed by atoms with van der Waals surface area (Å²) in [6.45, 7) is 2.08. The van der Waals surface area contributed by atoms with Crippen LogP contribution in [0, 0.1) is 0 Å². The molecule has 6 heteroatoms. The molecule has 2 N–H and O–H groups in total. The molecule has 0 fully saturated rings. The number of hydrogen-bond donors (Lipinski definition) is 1. The van der Waals surface area contributed by atoms with Crippen molar-refractivity contribution in [3.8, 4) is 0 Å². The molecular weight excluding hydrogens is 293 g/mol. The van der Waals surface area contributed by atoms with Crippen molar-refractivity contribution in [3.63, 3.8) is 0 Å². The highest BCUT2D eigenvalue weighted by Gasteiger charge is 2.35. The van der Waals surface area contributed by atoms with E-state index in [-0.39, 0.29) is 6.54 Å². The fourth-order valence-corrected chi connectivity index (χ4v) is 3.13. The van der Waals surface area contributed by atoms with E-state index in [4.69, 9.17) is 5.73 Å². The van der Waals surface area contributed by atoms with Gasteiger partial charge in [-0.25, -0.2) is 4.39 Å². The van der Waals surface area contributed by atoms with Crippen molar-refractivity contribution in [1.82, 2.24) is 0 Å². The Kier molecular flexibility index (Phi) is 3.13. The van der Waals surface area contributed by atoms with Gasteiger partial charge in [0.05, 0.1) is 12.1 Å². The number of dihydropyridines is 1. The minimum absolute atomic E-state index is 0.112. The number of amidine groups is 1. The maximum atomic E-state index is 13.8. The largest absolute Gasteiger partial charge is 0.379 e. The molecule has 0 spiro atoms. The smallest absolute Gasteiger partial charge is 0.203 e. The Hall–Kier alpha value is -0.360. The average molecular weight is 306 g/mol. The number of nitrogens with two attached hydrogens (primary N) is 1. The first-order chi connectivity index (χ1) is 7.41. The summed E-state index contributed by atoms with van der Waals surface area (Å²) < 4.78 is 12.2. The van der Waals surface area contributed by atoms with E-state index in [1.807, 2.05) is 6.92 Å². The second-order valence-corrected chi connectivity index (χ2v) is 6.59. The zero-order chi connectivity index (χ0) is 11.8. The van der Waals surface area contributed by atoms with Gasteiger partial charge in [0, 0.05) is 12.0 Å². The lowest BCUT2D eigenvalue weighted by molar-refractivity contribution is 0.367. The van der Waals surface area contributed by atoms with E-state index in [1.54, 1.807) is 12.3 Å². The van der Waals surface area contributed by atoms with Crippen LogP contribution < -0.4 is 5.73 Å². The Bertz CT molecular complexity index is 392. The average Bonchev–Trinajstić information content (AvgIpc) is 2.15. The summed E-state index contributed by atoms with van der Waals surface area (Å²) in [6.07, 6.45) is 4.10. The van der Waals surface area contributed by atoms with Gasteiger partial charge in [-0.1, -0.05) is 11.8 Å². The predicted octanol–water partition coefficient (Wildman–Crippen LogP) is 2.27. The zero-order valence-corrected chi connectivity index (χ0v) is 11.3. The lowest BCUT2D eigenvalue weighted by atomic mass is 9.88. The maximum Gasteiger partial charge on any atom is 0.203 e. The molecule has 2 heterocycles. The third kappa shape index (κ3) is 2.48. The third-order valence-electron chi connectivity index (χ3n) is 2.72. The quantitative estimate of drug-likeness (QED) is 0.756. The molecular formula is C10H13BrFN3S. The number of nitrogens with zero attached hydrogens (tertiary/aromatic N) is 2. The molecule has 0 saturated heterocycles. The van der Waals surface area contributed by atoms with Gasteiger partial charge in [0.25, 0.3) is 0 Å². The van der Waals surface area contributed by atoms with Gasteiger partial charge >= 0.3 is 0 Å². The van der Waals surface area contributed by atoms with Crippen LogP contribution in [0.3, 0.4) is 0 Å². The highest BCUT2D eigenvalue weighted by Crippen LogP contribution is 2.36. The van der Waals surface area contributed by atoms with Crippen LogP contribution in [0.2, 0.25) is 0 Å². The van der Waals surface area contributed by atoms with Crippen LogP contribution >= 0.6 is 27.7 Å². The van der Waals surface area contributed by atoms with Crippen LogP contribution in [0.4, 0.5) is 4.39 Å². The van der Waals surface area contributed by atoms with Gasteiger partial charge in [-0.15, -0.1) is 0 Å². The molecule has 2 atom stereocenters. The Balaban J connectivity index is 2.34. The Morgan fingerprint density at radius 2 is 2.38 bits per heavy atom. The lowest BCUT2D eigenvalue weighted by Gasteiger charge is -2.32. The third-order valence-corrected chi connectivity index (χ3v) is 3.99. The van der Waals surface area contributed by atoms with E-state index in [2.05, 4.69) is 25.9 Å². The normalized spacial score (nSPS) is 39.2. The summed E-state index contributed by atoms with van der Waals surface area (Å²) in [5.41, 5.74) is 6.07. The van der Waals surface area contributed by atoms with Gasteiger partial charge in [0.15, 0.2) is 5.17 Å². The SMILES string of the molecule is C[C@@]1(C2=CC(F)(Br)CN=C2)CCSC(N)=N1. The van der Waals surface area contributed by atoms with Crippen molar-refractivity contribution in [2.45, 2.75) is 23.5 Å². The fourth-order valence-electron chi connectivity index (χ4n) is 1.77. The monoisotopic (exact) mass is 305 g/mol. The summed E-state index contributed by atoms with van der Waals surface area (Å²) >= 11 is 4.53. The number of aliphatic imine (C=N–C) groups is 2. The second kappa shape index (κ2) is 4.14. The molecule has 0 bridgehead atoms. The molecule has 2 rings (SSSR count). The van der Waals surface area contributed by atoms with E-state index in [0.717, 1.165) is 17.7 Å². The molecule has 2 aliphatic rings. The number of halogens is 2. The van der Waals surface area contributed by atoms with Crippen molar-refractivity contribution < 1.29 is 4.39 Å². The van der Waals surface area contributed by atoms with Gasteiger partial charge in [-0.3, -0.25) is 9.98 Å². The van der Waals surface area contributed by atoms with Crippen LogP contribution in [-0.4, -0.2) is 33.8 Å². The minimum Gasteiger partial charge on any atom is -0.379 e. The van der Waals surface area contributed by atoms with Crippen molar-refractivity contribution in [3.05, 3.63) is 11.6 Å². The summed E-state index contributed by atoms with van der Waals surface area (Å²) in [7, 11) is 0. The Morgan fingerprint density at radius 3 is 3.00 bits per heavy atom. The molecule has 16 heavy (non-hydrogen) atoms. The Labute approximate surface area is 107 Å². The van der Waals surface area contributed by atoms with Crippen LogP contribution in [-0.2, 0) is 0 Å². The minimum atomic E-state index is -1.55. The van der Waals surface area contributed by atoms with E-state index in [0.29, 0.717) is 5.17 Å². The number of thioether (sulfide) groups is 1. The summed E-state index contributed by atoms with van der Waals surface area (Å²) in [4.78, 5) is 8.44. The fraction of sp³-hybridized carbons (Fsp3) is 0.600. The summed E-state index contributed by atoms with van der Waals surface area (Å²) in [5.74, 6) is 0.901. The van der Waals surface area contributed by atoms with Gasteiger partial charge in [0.2, 0.25) is 4.58 Å². The second-order valence-electron chi connectivity index (χ2n) is 4.15. The lowest BCUT2D eigenvalue weighted by Crippen LogP contribution is -2.36. The summed E-state index contributed by atoms with van der Waals surface area (Å²) in [5, 5.41) is 0.563. The molecule has 3 nitrogen and oxygen atoms in total.